The summed E-state index contributed by atoms with van der Waals surface area (Å²) in [7, 11) is 1.64. The number of methoxy groups -OCH3 is 1. The highest BCUT2D eigenvalue weighted by Crippen LogP contribution is 2.30. The lowest BCUT2D eigenvalue weighted by molar-refractivity contribution is 0.140. The summed E-state index contributed by atoms with van der Waals surface area (Å²) < 4.78 is 10.4. The summed E-state index contributed by atoms with van der Waals surface area (Å²) in [5, 5.41) is 2.66. The zero-order valence-electron chi connectivity index (χ0n) is 9.66. The molecule has 1 amide bonds. The van der Waals surface area contributed by atoms with Gasteiger partial charge in [-0.2, -0.15) is 0 Å². The van der Waals surface area contributed by atoms with Crippen LogP contribution < -0.4 is 10.1 Å². The number of cyclic esters (lactones) is 1. The van der Waals surface area contributed by atoms with Gasteiger partial charge in [-0.1, -0.05) is 0 Å². The Hall–Kier alpha value is -1.71. The number of carbonyl (C=O) groups is 1. The van der Waals surface area contributed by atoms with Gasteiger partial charge in [0.05, 0.1) is 13.7 Å². The second-order valence-corrected chi connectivity index (χ2v) is 3.95. The third-order valence-corrected chi connectivity index (χ3v) is 2.81. The van der Waals surface area contributed by atoms with Crippen molar-refractivity contribution in [3.63, 3.8) is 0 Å². The average Bonchev–Trinajstić information content (AvgIpc) is 2.63. The van der Waals surface area contributed by atoms with Crippen LogP contribution in [0.15, 0.2) is 12.1 Å². The maximum Gasteiger partial charge on any atom is 0.407 e. The third-order valence-electron chi connectivity index (χ3n) is 2.81. The Morgan fingerprint density at radius 2 is 2.00 bits per heavy atom. The number of carbonyl (C=O) groups excluding carboxylic acids is 1. The number of ether oxygens (including phenoxy) is 2. The highest BCUT2D eigenvalue weighted by atomic mass is 16.6. The van der Waals surface area contributed by atoms with Crippen LogP contribution in [-0.4, -0.2) is 19.7 Å². The number of nitrogens with one attached hydrogen (secondary N) is 1. The minimum atomic E-state index is -0.348. The van der Waals surface area contributed by atoms with E-state index in [1.165, 1.54) is 0 Å². The first-order valence-electron chi connectivity index (χ1n) is 5.21. The van der Waals surface area contributed by atoms with Crippen LogP contribution in [0, 0.1) is 13.8 Å². The lowest BCUT2D eigenvalue weighted by Crippen LogP contribution is -2.13. The summed E-state index contributed by atoms with van der Waals surface area (Å²) in [6, 6.07) is 3.91. The number of aryl methyl sites for hydroxylation is 2. The van der Waals surface area contributed by atoms with Crippen LogP contribution in [0.25, 0.3) is 0 Å². The molecule has 0 radical (unpaired) electrons. The molecule has 86 valence electrons. The number of benzene rings is 1. The molecular formula is C12H15NO3. The Morgan fingerprint density at radius 1 is 1.38 bits per heavy atom. The Labute approximate surface area is 94.6 Å². The van der Waals surface area contributed by atoms with Crippen molar-refractivity contribution in [1.82, 2.24) is 5.32 Å². The van der Waals surface area contributed by atoms with Gasteiger partial charge < -0.3 is 14.8 Å². The van der Waals surface area contributed by atoms with Gasteiger partial charge in [-0.3, -0.25) is 0 Å². The highest BCUT2D eigenvalue weighted by molar-refractivity contribution is 5.70. The van der Waals surface area contributed by atoms with Gasteiger partial charge in [0.25, 0.3) is 0 Å². The van der Waals surface area contributed by atoms with Crippen LogP contribution in [-0.2, 0) is 4.74 Å². The molecule has 1 aliphatic heterocycles. The summed E-state index contributed by atoms with van der Waals surface area (Å²) in [5.41, 5.74) is 3.23. The molecule has 4 nitrogen and oxygen atoms in total. The van der Waals surface area contributed by atoms with Crippen molar-refractivity contribution < 1.29 is 14.3 Å². The quantitative estimate of drug-likeness (QED) is 0.831. The van der Waals surface area contributed by atoms with E-state index in [2.05, 4.69) is 5.32 Å². The molecule has 1 saturated heterocycles. The fourth-order valence-corrected chi connectivity index (χ4v) is 2.11. The second kappa shape index (κ2) is 4.04. The molecule has 1 heterocycles. The summed E-state index contributed by atoms with van der Waals surface area (Å²) in [4.78, 5) is 11.0. The molecule has 1 fully saturated rings. The van der Waals surface area contributed by atoms with Gasteiger partial charge in [0.2, 0.25) is 0 Å². The zero-order chi connectivity index (χ0) is 11.7. The first-order chi connectivity index (χ1) is 7.61. The molecule has 4 heteroatoms. The molecule has 0 spiro atoms. The molecule has 1 aromatic carbocycles. The maximum absolute atomic E-state index is 11.0. The normalized spacial score (nSPS) is 19.2. The van der Waals surface area contributed by atoms with E-state index in [9.17, 15) is 4.79 Å². The van der Waals surface area contributed by atoms with Crippen LogP contribution in [0.2, 0.25) is 0 Å². The van der Waals surface area contributed by atoms with Crippen molar-refractivity contribution in [3.05, 3.63) is 28.8 Å². The van der Waals surface area contributed by atoms with Gasteiger partial charge in [0.1, 0.15) is 11.9 Å². The highest BCUT2D eigenvalue weighted by Gasteiger charge is 2.27. The minimum Gasteiger partial charge on any atom is -0.497 e. The first kappa shape index (κ1) is 10.8. The molecule has 1 unspecified atom stereocenters. The number of rotatable bonds is 2. The number of hydrogen-bond acceptors (Lipinski definition) is 3. The van der Waals surface area contributed by atoms with Crippen LogP contribution in [0.3, 0.4) is 0 Å². The molecule has 1 atom stereocenters. The topological polar surface area (TPSA) is 47.6 Å². The smallest absolute Gasteiger partial charge is 0.407 e. The number of amides is 1. The van der Waals surface area contributed by atoms with Crippen molar-refractivity contribution in [2.75, 3.05) is 13.7 Å². The number of hydrogen-bond donors (Lipinski definition) is 1. The predicted octanol–water partition coefficient (Wildman–Crippen LogP) is 2.09. The van der Waals surface area contributed by atoms with Gasteiger partial charge in [-0.15, -0.1) is 0 Å². The molecule has 1 aromatic rings. The summed E-state index contributed by atoms with van der Waals surface area (Å²) in [5.74, 6) is 0.830. The van der Waals surface area contributed by atoms with Gasteiger partial charge in [0.15, 0.2) is 0 Å². The molecule has 0 aliphatic carbocycles. The maximum atomic E-state index is 11.0. The van der Waals surface area contributed by atoms with E-state index >= 15 is 0 Å². The largest absolute Gasteiger partial charge is 0.497 e. The van der Waals surface area contributed by atoms with E-state index in [0.717, 1.165) is 22.4 Å². The van der Waals surface area contributed by atoms with Crippen LogP contribution in [0.5, 0.6) is 5.75 Å². The lowest BCUT2D eigenvalue weighted by atomic mass is 9.97. The standard InChI is InChI=1S/C12H15NO3/c1-7-4-9(15-3)5-8(2)11(7)10-6-13-12(14)16-10/h4-5,10H,6H2,1-3H3,(H,13,14). The number of alkyl carbamates (subject to hydrolysis) is 1. The van der Waals surface area contributed by atoms with Crippen LogP contribution in [0.1, 0.15) is 22.8 Å². The Balaban J connectivity index is 2.37. The van der Waals surface area contributed by atoms with Gasteiger partial charge in [0, 0.05) is 5.56 Å². The predicted molar refractivity (Wildman–Crippen MR) is 59.7 cm³/mol. The molecule has 1 aliphatic rings. The Morgan fingerprint density at radius 3 is 2.44 bits per heavy atom. The fourth-order valence-electron chi connectivity index (χ4n) is 2.11. The molecular weight excluding hydrogens is 206 g/mol. The van der Waals surface area contributed by atoms with Crippen LogP contribution >= 0.6 is 0 Å². The first-order valence-corrected chi connectivity index (χ1v) is 5.21. The van der Waals surface area contributed by atoms with E-state index < -0.39 is 0 Å². The summed E-state index contributed by atoms with van der Waals surface area (Å²) in [6.07, 6.45) is -0.530. The molecule has 1 N–H and O–H groups in total. The van der Waals surface area contributed by atoms with Gasteiger partial charge in [-0.05, 0) is 37.1 Å². The summed E-state index contributed by atoms with van der Waals surface area (Å²) in [6.45, 7) is 4.53. The van der Waals surface area contributed by atoms with E-state index in [4.69, 9.17) is 9.47 Å². The van der Waals surface area contributed by atoms with E-state index in [-0.39, 0.29) is 12.2 Å². The van der Waals surface area contributed by atoms with E-state index in [1.54, 1.807) is 7.11 Å². The third kappa shape index (κ3) is 1.83. The van der Waals surface area contributed by atoms with E-state index in [0.29, 0.717) is 6.54 Å². The van der Waals surface area contributed by atoms with Crippen molar-refractivity contribution >= 4 is 6.09 Å². The summed E-state index contributed by atoms with van der Waals surface area (Å²) >= 11 is 0. The lowest BCUT2D eigenvalue weighted by Gasteiger charge is -2.16. The fraction of sp³-hybridized carbons (Fsp3) is 0.417. The molecule has 0 saturated carbocycles. The molecule has 2 rings (SSSR count). The van der Waals surface area contributed by atoms with Crippen molar-refractivity contribution in [2.24, 2.45) is 0 Å². The van der Waals surface area contributed by atoms with Gasteiger partial charge >= 0.3 is 6.09 Å². The Bertz CT molecular complexity index is 405. The molecule has 0 aromatic heterocycles. The van der Waals surface area contributed by atoms with Crippen molar-refractivity contribution in [2.45, 2.75) is 20.0 Å². The van der Waals surface area contributed by atoms with Crippen LogP contribution in [0.4, 0.5) is 4.79 Å². The molecule has 16 heavy (non-hydrogen) atoms. The SMILES string of the molecule is COc1cc(C)c(C2CNC(=O)O2)c(C)c1. The Kier molecular flexibility index (Phi) is 2.73. The monoisotopic (exact) mass is 221 g/mol. The van der Waals surface area contributed by atoms with Gasteiger partial charge in [-0.25, -0.2) is 4.79 Å². The van der Waals surface area contributed by atoms with E-state index in [1.807, 2.05) is 26.0 Å². The average molecular weight is 221 g/mol. The van der Waals surface area contributed by atoms with Crippen molar-refractivity contribution in [3.8, 4) is 5.75 Å². The zero-order valence-corrected chi connectivity index (χ0v) is 9.66. The van der Waals surface area contributed by atoms with Crippen molar-refractivity contribution in [1.29, 1.82) is 0 Å². The molecule has 0 bridgehead atoms. The second-order valence-electron chi connectivity index (χ2n) is 3.95. The minimum absolute atomic E-state index is 0.182.